The Morgan fingerprint density at radius 3 is 2.68 bits per heavy atom. The van der Waals surface area contributed by atoms with Crippen molar-refractivity contribution in [2.75, 3.05) is 20.3 Å². The first-order valence-corrected chi connectivity index (χ1v) is 10.1. The van der Waals surface area contributed by atoms with Crippen LogP contribution in [-0.4, -0.2) is 26.2 Å². The predicted molar refractivity (Wildman–Crippen MR) is 113 cm³/mol. The molecule has 1 saturated carbocycles. The Kier molecular flexibility index (Phi) is 7.73. The smallest absolute Gasteiger partial charge is 0.191 e. The van der Waals surface area contributed by atoms with Crippen molar-refractivity contribution < 1.29 is 9.47 Å². The molecular weight excluding hydrogens is 350 g/mol. The van der Waals surface area contributed by atoms with Crippen LogP contribution in [0.5, 0.6) is 5.75 Å². The maximum Gasteiger partial charge on any atom is 0.191 e. The summed E-state index contributed by atoms with van der Waals surface area (Å²) in [7, 11) is 1.71. The van der Waals surface area contributed by atoms with Crippen molar-refractivity contribution in [3.8, 4) is 5.75 Å². The molecule has 0 aliphatic heterocycles. The van der Waals surface area contributed by atoms with Crippen LogP contribution >= 0.6 is 0 Å². The third kappa shape index (κ3) is 6.57. The summed E-state index contributed by atoms with van der Waals surface area (Å²) in [6, 6.07) is 16.6. The molecule has 0 radical (unpaired) electrons. The summed E-state index contributed by atoms with van der Waals surface area (Å²) in [5.74, 6) is 2.51. The van der Waals surface area contributed by atoms with E-state index in [0.29, 0.717) is 19.7 Å². The first-order valence-electron chi connectivity index (χ1n) is 10.1. The molecule has 2 aromatic rings. The first-order chi connectivity index (χ1) is 13.8. The second-order valence-electron chi connectivity index (χ2n) is 7.16. The van der Waals surface area contributed by atoms with Gasteiger partial charge in [0.1, 0.15) is 5.75 Å². The summed E-state index contributed by atoms with van der Waals surface area (Å²) in [4.78, 5) is 4.73. The average molecular weight is 382 g/mol. The molecule has 0 saturated heterocycles. The Morgan fingerprint density at radius 2 is 1.89 bits per heavy atom. The highest BCUT2D eigenvalue weighted by atomic mass is 16.5. The number of rotatable bonds is 10. The summed E-state index contributed by atoms with van der Waals surface area (Å²) in [5.41, 5.74) is 3.48. The first kappa shape index (κ1) is 20.2. The molecule has 28 heavy (non-hydrogen) atoms. The minimum Gasteiger partial charge on any atom is -0.493 e. The van der Waals surface area contributed by atoms with Crippen LogP contribution in [0.15, 0.2) is 53.5 Å². The number of aliphatic imine (C=N–C) groups is 1. The molecule has 1 aliphatic rings. The molecule has 1 aliphatic carbocycles. The fraction of sp³-hybridized carbons (Fsp3) is 0.435. The molecule has 3 rings (SSSR count). The standard InChI is InChI=1S/C23H31N3O2/c1-3-24-23(25-14-19-7-6-8-20(13-19)16-27-2)26-15-21-9-4-5-10-22(21)28-17-18-11-12-18/h4-10,13,18H,3,11-12,14-17H2,1-2H3,(H2,24,25,26). The van der Waals surface area contributed by atoms with Crippen molar-refractivity contribution >= 4 is 5.96 Å². The minimum atomic E-state index is 0.618. The van der Waals surface area contributed by atoms with Gasteiger partial charge in [-0.1, -0.05) is 42.5 Å². The fourth-order valence-electron chi connectivity index (χ4n) is 2.96. The zero-order valence-corrected chi connectivity index (χ0v) is 16.9. The Balaban J connectivity index is 1.59. The van der Waals surface area contributed by atoms with Crippen molar-refractivity contribution in [1.82, 2.24) is 10.6 Å². The van der Waals surface area contributed by atoms with Crippen LogP contribution in [-0.2, 0) is 24.4 Å². The molecule has 0 aromatic heterocycles. The summed E-state index contributed by atoms with van der Waals surface area (Å²) in [6.45, 7) is 5.62. The summed E-state index contributed by atoms with van der Waals surface area (Å²) >= 11 is 0. The monoisotopic (exact) mass is 381 g/mol. The number of methoxy groups -OCH3 is 1. The van der Waals surface area contributed by atoms with E-state index in [1.165, 1.54) is 18.4 Å². The Bertz CT molecular complexity index is 772. The Hall–Kier alpha value is -2.53. The van der Waals surface area contributed by atoms with Gasteiger partial charge in [0.15, 0.2) is 5.96 Å². The van der Waals surface area contributed by atoms with Gasteiger partial charge in [-0.05, 0) is 42.9 Å². The third-order valence-corrected chi connectivity index (χ3v) is 4.66. The molecule has 5 nitrogen and oxygen atoms in total. The van der Waals surface area contributed by atoms with Gasteiger partial charge in [0.25, 0.3) is 0 Å². The molecule has 2 N–H and O–H groups in total. The quantitative estimate of drug-likeness (QED) is 0.484. The van der Waals surface area contributed by atoms with Crippen molar-refractivity contribution in [1.29, 1.82) is 0 Å². The van der Waals surface area contributed by atoms with Crippen molar-refractivity contribution in [2.24, 2.45) is 10.9 Å². The van der Waals surface area contributed by atoms with E-state index in [1.54, 1.807) is 7.11 Å². The zero-order chi connectivity index (χ0) is 19.6. The number of para-hydroxylation sites is 1. The number of ether oxygens (including phenoxy) is 2. The highest BCUT2D eigenvalue weighted by Gasteiger charge is 2.22. The Labute approximate surface area is 168 Å². The lowest BCUT2D eigenvalue weighted by Gasteiger charge is -2.14. The van der Waals surface area contributed by atoms with E-state index in [0.717, 1.165) is 41.9 Å². The Morgan fingerprint density at radius 1 is 1.07 bits per heavy atom. The van der Waals surface area contributed by atoms with Crippen molar-refractivity contribution in [2.45, 2.75) is 39.5 Å². The molecule has 0 bridgehead atoms. The van der Waals surface area contributed by atoms with Gasteiger partial charge in [-0.15, -0.1) is 0 Å². The van der Waals surface area contributed by atoms with E-state index < -0.39 is 0 Å². The molecule has 0 heterocycles. The van der Waals surface area contributed by atoms with E-state index in [1.807, 2.05) is 24.3 Å². The summed E-state index contributed by atoms with van der Waals surface area (Å²) in [6.07, 6.45) is 2.59. The van der Waals surface area contributed by atoms with Gasteiger partial charge in [-0.3, -0.25) is 0 Å². The van der Waals surface area contributed by atoms with Gasteiger partial charge in [-0.2, -0.15) is 0 Å². The number of nitrogens with one attached hydrogen (secondary N) is 2. The molecule has 150 valence electrons. The van der Waals surface area contributed by atoms with Gasteiger partial charge >= 0.3 is 0 Å². The lowest BCUT2D eigenvalue weighted by Crippen LogP contribution is -2.36. The molecule has 2 aromatic carbocycles. The van der Waals surface area contributed by atoms with Crippen LogP contribution in [0.3, 0.4) is 0 Å². The molecule has 0 atom stereocenters. The zero-order valence-electron chi connectivity index (χ0n) is 16.9. The molecular formula is C23H31N3O2. The lowest BCUT2D eigenvalue weighted by atomic mass is 10.1. The maximum absolute atomic E-state index is 6.01. The van der Waals surface area contributed by atoms with Crippen LogP contribution in [0.1, 0.15) is 36.5 Å². The van der Waals surface area contributed by atoms with Crippen LogP contribution in [0, 0.1) is 5.92 Å². The average Bonchev–Trinajstić information content (AvgIpc) is 3.54. The number of hydrogen-bond donors (Lipinski definition) is 2. The number of nitrogens with zero attached hydrogens (tertiary/aromatic N) is 1. The summed E-state index contributed by atoms with van der Waals surface area (Å²) in [5, 5.41) is 6.74. The van der Waals surface area contributed by atoms with Crippen LogP contribution in [0.4, 0.5) is 0 Å². The maximum atomic E-state index is 6.01. The molecule has 0 spiro atoms. The minimum absolute atomic E-state index is 0.618. The summed E-state index contributed by atoms with van der Waals surface area (Å²) < 4.78 is 11.2. The van der Waals surface area contributed by atoms with Gasteiger partial charge in [-0.25, -0.2) is 4.99 Å². The largest absolute Gasteiger partial charge is 0.493 e. The van der Waals surface area contributed by atoms with Gasteiger partial charge in [0.2, 0.25) is 0 Å². The number of guanidine groups is 1. The normalized spacial score (nSPS) is 14.0. The topological polar surface area (TPSA) is 54.9 Å². The number of hydrogen-bond acceptors (Lipinski definition) is 3. The van der Waals surface area contributed by atoms with E-state index in [-0.39, 0.29) is 0 Å². The second-order valence-corrected chi connectivity index (χ2v) is 7.16. The third-order valence-electron chi connectivity index (χ3n) is 4.66. The van der Waals surface area contributed by atoms with E-state index in [2.05, 4.69) is 41.8 Å². The highest BCUT2D eigenvalue weighted by molar-refractivity contribution is 5.79. The van der Waals surface area contributed by atoms with Crippen LogP contribution in [0.2, 0.25) is 0 Å². The second kappa shape index (κ2) is 10.7. The van der Waals surface area contributed by atoms with E-state index in [4.69, 9.17) is 14.5 Å². The molecule has 0 unspecified atom stereocenters. The van der Waals surface area contributed by atoms with E-state index in [9.17, 15) is 0 Å². The molecule has 0 amide bonds. The highest BCUT2D eigenvalue weighted by Crippen LogP contribution is 2.30. The van der Waals surface area contributed by atoms with Crippen molar-refractivity contribution in [3.63, 3.8) is 0 Å². The van der Waals surface area contributed by atoms with Gasteiger partial charge < -0.3 is 20.1 Å². The van der Waals surface area contributed by atoms with Crippen molar-refractivity contribution in [3.05, 3.63) is 65.2 Å². The lowest BCUT2D eigenvalue weighted by molar-refractivity contribution is 0.185. The fourth-order valence-corrected chi connectivity index (χ4v) is 2.96. The number of benzene rings is 2. The van der Waals surface area contributed by atoms with Crippen LogP contribution in [0.25, 0.3) is 0 Å². The molecule has 1 fully saturated rings. The van der Waals surface area contributed by atoms with Gasteiger partial charge in [0.05, 0.1) is 19.8 Å². The molecule has 5 heteroatoms. The van der Waals surface area contributed by atoms with Gasteiger partial charge in [0, 0.05) is 25.8 Å². The predicted octanol–water partition coefficient (Wildman–Crippen LogP) is 3.88. The van der Waals surface area contributed by atoms with Crippen LogP contribution < -0.4 is 15.4 Å². The van der Waals surface area contributed by atoms with E-state index >= 15 is 0 Å². The SMILES string of the molecule is CCNC(=NCc1cccc(COC)c1)NCc1ccccc1OCC1CC1.